The molecule has 2 atom stereocenters. The van der Waals surface area contributed by atoms with E-state index in [4.69, 9.17) is 4.74 Å². The maximum atomic E-state index is 14.3. The summed E-state index contributed by atoms with van der Waals surface area (Å²) in [5.74, 6) is -0.903. The molecule has 1 N–H and O–H groups in total. The van der Waals surface area contributed by atoms with Gasteiger partial charge in [-0.15, -0.1) is 34.0 Å². The van der Waals surface area contributed by atoms with Crippen LogP contribution in [0.5, 0.6) is 0 Å². The number of alkyl halides is 6. The topological polar surface area (TPSA) is 54.5 Å². The van der Waals surface area contributed by atoms with E-state index in [1.165, 1.54) is 4.90 Å². The summed E-state index contributed by atoms with van der Waals surface area (Å²) in [5, 5.41) is 3.25. The number of likely N-dealkylation sites (N-methyl/N-ethyl adjacent to an activating group) is 1. The van der Waals surface area contributed by atoms with Crippen molar-refractivity contribution >= 4 is 39.9 Å². The van der Waals surface area contributed by atoms with Crippen LogP contribution in [-0.4, -0.2) is 35.9 Å². The van der Waals surface area contributed by atoms with Crippen molar-refractivity contribution in [1.82, 2.24) is 15.2 Å². The number of hydrogen-bond acceptors (Lipinski definition) is 4. The zero-order valence-corrected chi connectivity index (χ0v) is 26.0. The van der Waals surface area contributed by atoms with Crippen molar-refractivity contribution in [3.05, 3.63) is 101 Å². The van der Waals surface area contributed by atoms with E-state index in [-0.39, 0.29) is 52.1 Å². The number of piperidine rings is 1. The molecule has 0 saturated carbocycles. The number of halogens is 8. The van der Waals surface area contributed by atoms with Gasteiger partial charge in [0.15, 0.2) is 5.60 Å². The molecule has 0 radical (unpaired) electrons. The standard InChI is InChI=1S/C29H29F6N3O2.2BrH/c1-38(18-20-7-5-11-36-16-20)26(39)27(22-8-3-2-4-9-22,23-10-6-12-37-17-23)40-19-21-13-24(28(30,31)32)15-25(14-21)29(33,34)35;;/h2-5,7-9,11,13-16,23,37H,6,10,12,17-19H2,1H3;2*1H/t23-,27+;;/m0../s1. The Bertz CT molecular complexity index is 1260. The van der Waals surface area contributed by atoms with Gasteiger partial charge in [-0.1, -0.05) is 36.4 Å². The number of nitrogens with zero attached hydrogens (tertiary/aromatic N) is 2. The van der Waals surface area contributed by atoms with Gasteiger partial charge in [-0.25, -0.2) is 0 Å². The Kier molecular flexibility index (Phi) is 12.6. The second-order valence-corrected chi connectivity index (χ2v) is 9.87. The highest BCUT2D eigenvalue weighted by Gasteiger charge is 2.50. The summed E-state index contributed by atoms with van der Waals surface area (Å²) in [7, 11) is 1.58. The van der Waals surface area contributed by atoms with Crippen LogP contribution >= 0.6 is 34.0 Å². The number of carbonyl (C=O) groups excluding carboxylic acids is 1. The highest BCUT2D eigenvalue weighted by atomic mass is 79.9. The van der Waals surface area contributed by atoms with E-state index in [9.17, 15) is 31.1 Å². The van der Waals surface area contributed by atoms with Gasteiger partial charge in [-0.3, -0.25) is 9.78 Å². The van der Waals surface area contributed by atoms with E-state index in [1.54, 1.807) is 61.9 Å². The lowest BCUT2D eigenvalue weighted by Gasteiger charge is -2.43. The maximum absolute atomic E-state index is 14.3. The molecule has 1 aromatic heterocycles. The summed E-state index contributed by atoms with van der Waals surface area (Å²) in [6.45, 7) is 0.610. The number of aromatic nitrogens is 1. The van der Waals surface area contributed by atoms with Gasteiger partial charge in [0.25, 0.3) is 5.91 Å². The van der Waals surface area contributed by atoms with Gasteiger partial charge in [0, 0.05) is 38.4 Å². The predicted octanol–water partition coefficient (Wildman–Crippen LogP) is 7.35. The normalized spacial score (nSPS) is 16.9. The summed E-state index contributed by atoms with van der Waals surface area (Å²) in [4.78, 5) is 19.9. The first kappa shape index (κ1) is 35.7. The molecule has 5 nitrogen and oxygen atoms in total. The quantitative estimate of drug-likeness (QED) is 0.247. The zero-order chi connectivity index (χ0) is 29.0. The van der Waals surface area contributed by atoms with Crippen molar-refractivity contribution in [3.8, 4) is 0 Å². The Morgan fingerprint density at radius 1 is 0.929 bits per heavy atom. The largest absolute Gasteiger partial charge is 0.416 e. The zero-order valence-electron chi connectivity index (χ0n) is 22.5. The molecule has 1 saturated heterocycles. The molecule has 2 aromatic carbocycles. The molecule has 1 aliphatic heterocycles. The molecular weight excluding hydrogens is 696 g/mol. The van der Waals surface area contributed by atoms with Crippen molar-refractivity contribution in [2.75, 3.05) is 20.1 Å². The van der Waals surface area contributed by atoms with Crippen LogP contribution in [0.25, 0.3) is 0 Å². The molecule has 42 heavy (non-hydrogen) atoms. The Morgan fingerprint density at radius 3 is 2.10 bits per heavy atom. The molecule has 1 fully saturated rings. The Labute approximate surface area is 261 Å². The molecule has 0 unspecified atom stereocenters. The highest BCUT2D eigenvalue weighted by Crippen LogP contribution is 2.42. The molecule has 230 valence electrons. The third kappa shape index (κ3) is 8.33. The van der Waals surface area contributed by atoms with E-state index in [0.29, 0.717) is 43.6 Å². The summed E-state index contributed by atoms with van der Waals surface area (Å²) in [6, 6.07) is 13.4. The summed E-state index contributed by atoms with van der Waals surface area (Å²) in [5.41, 5.74) is -3.69. The molecule has 1 amide bonds. The lowest BCUT2D eigenvalue weighted by atomic mass is 9.76. The number of pyridine rings is 1. The van der Waals surface area contributed by atoms with Crippen LogP contribution in [0.4, 0.5) is 26.3 Å². The fourth-order valence-electron chi connectivity index (χ4n) is 5.10. The van der Waals surface area contributed by atoms with Crippen LogP contribution in [-0.2, 0) is 40.6 Å². The van der Waals surface area contributed by atoms with E-state index >= 15 is 0 Å². The molecule has 3 aromatic rings. The van der Waals surface area contributed by atoms with Crippen LogP contribution in [0.1, 0.15) is 40.7 Å². The Morgan fingerprint density at radius 2 is 1.57 bits per heavy atom. The fourth-order valence-corrected chi connectivity index (χ4v) is 5.10. The van der Waals surface area contributed by atoms with Crippen molar-refractivity contribution in [2.24, 2.45) is 5.92 Å². The number of carbonyl (C=O) groups is 1. The van der Waals surface area contributed by atoms with Crippen LogP contribution < -0.4 is 5.32 Å². The SMILES string of the molecule is Br.Br.CN(Cc1cccnc1)C(=O)[C@@](OCc1cc(C(F)(F)F)cc(C(F)(F)F)c1)(c1ccccc1)[C@H]1CCCNC1. The monoisotopic (exact) mass is 725 g/mol. The molecule has 0 spiro atoms. The third-order valence-corrected chi connectivity index (χ3v) is 7.00. The van der Waals surface area contributed by atoms with E-state index in [1.807, 2.05) is 0 Å². The first-order valence-corrected chi connectivity index (χ1v) is 12.7. The second-order valence-electron chi connectivity index (χ2n) is 9.87. The second kappa shape index (κ2) is 14.8. The average molecular weight is 727 g/mol. The number of nitrogens with one attached hydrogen (secondary N) is 1. The molecule has 13 heteroatoms. The first-order valence-electron chi connectivity index (χ1n) is 12.7. The fraction of sp³-hybridized carbons (Fsp3) is 0.379. The van der Waals surface area contributed by atoms with Gasteiger partial charge in [0.2, 0.25) is 0 Å². The smallest absolute Gasteiger partial charge is 0.355 e. The highest BCUT2D eigenvalue weighted by molar-refractivity contribution is 8.93. The van der Waals surface area contributed by atoms with Gasteiger partial charge in [0.1, 0.15) is 0 Å². The van der Waals surface area contributed by atoms with Crippen molar-refractivity contribution in [3.63, 3.8) is 0 Å². The van der Waals surface area contributed by atoms with Crippen molar-refractivity contribution in [2.45, 2.75) is 43.9 Å². The van der Waals surface area contributed by atoms with Crippen LogP contribution in [0.2, 0.25) is 0 Å². The first-order chi connectivity index (χ1) is 18.9. The molecule has 1 aliphatic rings. The lowest BCUT2D eigenvalue weighted by Crippen LogP contribution is -2.55. The molecule has 2 heterocycles. The number of rotatable bonds is 8. The third-order valence-electron chi connectivity index (χ3n) is 7.00. The van der Waals surface area contributed by atoms with E-state index in [0.717, 1.165) is 5.56 Å². The summed E-state index contributed by atoms with van der Waals surface area (Å²) in [6.07, 6.45) is -5.52. The molecular formula is C29H31Br2F6N3O2. The van der Waals surface area contributed by atoms with E-state index in [2.05, 4.69) is 10.3 Å². The maximum Gasteiger partial charge on any atom is 0.416 e. The van der Waals surface area contributed by atoms with Gasteiger partial charge in [-0.05, 0) is 60.3 Å². The van der Waals surface area contributed by atoms with Gasteiger partial charge in [-0.2, -0.15) is 26.3 Å². The Hall–Kier alpha value is -2.48. The van der Waals surface area contributed by atoms with Crippen LogP contribution in [0.15, 0.2) is 73.1 Å². The van der Waals surface area contributed by atoms with Gasteiger partial charge < -0.3 is 15.0 Å². The minimum absolute atomic E-state index is 0. The Balaban J connectivity index is 0.00000308. The van der Waals surface area contributed by atoms with E-state index < -0.39 is 47.5 Å². The number of hydrogen-bond donors (Lipinski definition) is 1. The van der Waals surface area contributed by atoms with Crippen LogP contribution in [0.3, 0.4) is 0 Å². The van der Waals surface area contributed by atoms with Gasteiger partial charge in [0.05, 0.1) is 17.7 Å². The van der Waals surface area contributed by atoms with Crippen LogP contribution in [0, 0.1) is 5.92 Å². The lowest BCUT2D eigenvalue weighted by molar-refractivity contribution is -0.174. The van der Waals surface area contributed by atoms with Crippen molar-refractivity contribution in [1.29, 1.82) is 0 Å². The number of ether oxygens (including phenoxy) is 1. The minimum Gasteiger partial charge on any atom is -0.355 e. The van der Waals surface area contributed by atoms with Gasteiger partial charge >= 0.3 is 12.4 Å². The van der Waals surface area contributed by atoms with Crippen molar-refractivity contribution < 1.29 is 35.9 Å². The minimum atomic E-state index is -5.00. The number of amides is 1. The predicted molar refractivity (Wildman–Crippen MR) is 156 cm³/mol. The summed E-state index contributed by atoms with van der Waals surface area (Å²) >= 11 is 0. The molecule has 0 bridgehead atoms. The molecule has 4 rings (SSSR count). The number of benzene rings is 2. The summed E-state index contributed by atoms with van der Waals surface area (Å²) < 4.78 is 87.5. The molecule has 0 aliphatic carbocycles. The average Bonchev–Trinajstić information content (AvgIpc) is 2.94.